The van der Waals surface area contributed by atoms with Crippen LogP contribution in [-0.2, 0) is 11.3 Å². The third kappa shape index (κ3) is 2.72. The van der Waals surface area contributed by atoms with E-state index in [1.165, 1.54) is 0 Å². The van der Waals surface area contributed by atoms with Gasteiger partial charge in [-0.15, -0.1) is 0 Å². The van der Waals surface area contributed by atoms with Gasteiger partial charge in [0.05, 0.1) is 5.69 Å². The fourth-order valence-electron chi connectivity index (χ4n) is 0.959. The van der Waals surface area contributed by atoms with Crippen LogP contribution in [0.3, 0.4) is 0 Å². The molecule has 0 aliphatic heterocycles. The van der Waals surface area contributed by atoms with Crippen molar-refractivity contribution in [2.75, 3.05) is 13.7 Å². The van der Waals surface area contributed by atoms with Crippen LogP contribution in [0.5, 0.6) is 0 Å². The van der Waals surface area contributed by atoms with Crippen molar-refractivity contribution in [1.29, 1.82) is 0 Å². The number of ether oxygens (including phenoxy) is 1. The Morgan fingerprint density at radius 2 is 2.45 bits per heavy atom. The maximum atomic E-state index is 4.93. The zero-order chi connectivity index (χ0) is 8.10. The molecule has 0 saturated carbocycles. The molecule has 0 spiro atoms. The number of hydrogen-bond acceptors (Lipinski definition) is 2. The fourth-order valence-corrected chi connectivity index (χ4v) is 0.959. The number of rotatable bonds is 4. The van der Waals surface area contributed by atoms with E-state index >= 15 is 0 Å². The molecule has 0 unspecified atom stereocenters. The van der Waals surface area contributed by atoms with Gasteiger partial charge >= 0.3 is 0 Å². The highest BCUT2D eigenvalue weighted by Gasteiger charge is 1.92. The second kappa shape index (κ2) is 4.13. The lowest BCUT2D eigenvalue weighted by Gasteiger charge is -1.99. The quantitative estimate of drug-likeness (QED) is 0.610. The SMILES string of the molecule is COCCCn1ccc(C)n1. The largest absolute Gasteiger partial charge is 0.385 e. The van der Waals surface area contributed by atoms with Crippen LogP contribution in [0.15, 0.2) is 12.3 Å². The maximum absolute atomic E-state index is 4.93. The molecular formula is C8H14N2O. The van der Waals surface area contributed by atoms with Crippen molar-refractivity contribution in [2.24, 2.45) is 0 Å². The van der Waals surface area contributed by atoms with E-state index in [-0.39, 0.29) is 0 Å². The molecule has 1 aromatic rings. The Hall–Kier alpha value is -0.830. The molecule has 1 heterocycles. The summed E-state index contributed by atoms with van der Waals surface area (Å²) in [6.07, 6.45) is 3.02. The lowest BCUT2D eigenvalue weighted by Crippen LogP contribution is -2.01. The van der Waals surface area contributed by atoms with E-state index < -0.39 is 0 Å². The van der Waals surface area contributed by atoms with Crippen LogP contribution < -0.4 is 0 Å². The minimum atomic E-state index is 0.804. The van der Waals surface area contributed by atoms with Crippen LogP contribution in [0, 0.1) is 6.92 Å². The van der Waals surface area contributed by atoms with Gasteiger partial charge in [-0.3, -0.25) is 4.68 Å². The van der Waals surface area contributed by atoms with Crippen molar-refractivity contribution in [3.8, 4) is 0 Å². The highest BCUT2D eigenvalue weighted by Crippen LogP contribution is 1.94. The molecule has 0 atom stereocenters. The summed E-state index contributed by atoms with van der Waals surface area (Å²) in [5.74, 6) is 0. The Balaban J connectivity index is 2.27. The van der Waals surface area contributed by atoms with E-state index in [1.807, 2.05) is 23.9 Å². The average molecular weight is 154 g/mol. The van der Waals surface area contributed by atoms with E-state index in [2.05, 4.69) is 5.10 Å². The van der Waals surface area contributed by atoms with Crippen LogP contribution in [0.1, 0.15) is 12.1 Å². The molecule has 0 aromatic carbocycles. The van der Waals surface area contributed by atoms with E-state index in [9.17, 15) is 0 Å². The molecule has 0 saturated heterocycles. The zero-order valence-electron chi connectivity index (χ0n) is 7.08. The summed E-state index contributed by atoms with van der Waals surface area (Å²) in [5, 5.41) is 4.24. The van der Waals surface area contributed by atoms with Gasteiger partial charge in [-0.2, -0.15) is 5.10 Å². The van der Waals surface area contributed by atoms with Crippen molar-refractivity contribution in [1.82, 2.24) is 9.78 Å². The topological polar surface area (TPSA) is 27.1 Å². The summed E-state index contributed by atoms with van der Waals surface area (Å²) in [6.45, 7) is 3.74. The summed E-state index contributed by atoms with van der Waals surface area (Å²) >= 11 is 0. The van der Waals surface area contributed by atoms with Gasteiger partial charge in [0.2, 0.25) is 0 Å². The van der Waals surface area contributed by atoms with Crippen LogP contribution in [0.2, 0.25) is 0 Å². The van der Waals surface area contributed by atoms with Crippen molar-refractivity contribution in [3.05, 3.63) is 18.0 Å². The van der Waals surface area contributed by atoms with Gasteiger partial charge in [0.15, 0.2) is 0 Å². The number of methoxy groups -OCH3 is 1. The standard InChI is InChI=1S/C8H14N2O/c1-8-4-6-10(9-8)5-3-7-11-2/h4,6H,3,5,7H2,1-2H3. The maximum Gasteiger partial charge on any atom is 0.0593 e. The third-order valence-corrected chi connectivity index (χ3v) is 1.51. The molecule has 0 aliphatic carbocycles. The van der Waals surface area contributed by atoms with Gasteiger partial charge in [0.25, 0.3) is 0 Å². The molecule has 0 N–H and O–H groups in total. The second-order valence-corrected chi connectivity index (χ2v) is 2.57. The number of nitrogens with zero attached hydrogens (tertiary/aromatic N) is 2. The summed E-state index contributed by atoms with van der Waals surface area (Å²) in [6, 6.07) is 2.01. The Morgan fingerprint density at radius 1 is 1.64 bits per heavy atom. The van der Waals surface area contributed by atoms with E-state index in [1.54, 1.807) is 7.11 Å². The predicted molar refractivity (Wildman–Crippen MR) is 43.5 cm³/mol. The number of aromatic nitrogens is 2. The molecule has 0 aliphatic rings. The van der Waals surface area contributed by atoms with Gasteiger partial charge in [0, 0.05) is 26.5 Å². The zero-order valence-corrected chi connectivity index (χ0v) is 7.08. The monoisotopic (exact) mass is 154 g/mol. The second-order valence-electron chi connectivity index (χ2n) is 2.57. The lowest BCUT2D eigenvalue weighted by atomic mass is 10.4. The van der Waals surface area contributed by atoms with Gasteiger partial charge in [-0.05, 0) is 19.4 Å². The van der Waals surface area contributed by atoms with Crippen LogP contribution in [0.4, 0.5) is 0 Å². The molecule has 3 nitrogen and oxygen atoms in total. The van der Waals surface area contributed by atoms with Gasteiger partial charge in [-0.25, -0.2) is 0 Å². The summed E-state index contributed by atoms with van der Waals surface area (Å²) in [7, 11) is 1.72. The minimum absolute atomic E-state index is 0.804. The fraction of sp³-hybridized carbons (Fsp3) is 0.625. The van der Waals surface area contributed by atoms with E-state index in [4.69, 9.17) is 4.74 Å². The first kappa shape index (κ1) is 8.27. The lowest BCUT2D eigenvalue weighted by molar-refractivity contribution is 0.189. The summed E-state index contributed by atoms with van der Waals surface area (Å²) < 4.78 is 6.87. The Kier molecular flexibility index (Phi) is 3.11. The smallest absolute Gasteiger partial charge is 0.0593 e. The minimum Gasteiger partial charge on any atom is -0.385 e. The van der Waals surface area contributed by atoms with E-state index in [0.29, 0.717) is 0 Å². The highest BCUT2D eigenvalue weighted by atomic mass is 16.5. The molecule has 1 aromatic heterocycles. The number of hydrogen-bond donors (Lipinski definition) is 0. The summed E-state index contributed by atoms with van der Waals surface area (Å²) in [5.41, 5.74) is 1.07. The molecule has 0 bridgehead atoms. The van der Waals surface area contributed by atoms with Gasteiger partial charge in [0.1, 0.15) is 0 Å². The number of aryl methyl sites for hydroxylation is 2. The van der Waals surface area contributed by atoms with Crippen LogP contribution in [-0.4, -0.2) is 23.5 Å². The first-order chi connectivity index (χ1) is 5.33. The first-order valence-corrected chi connectivity index (χ1v) is 3.82. The molecule has 62 valence electrons. The molecule has 0 amide bonds. The first-order valence-electron chi connectivity index (χ1n) is 3.82. The van der Waals surface area contributed by atoms with Crippen LogP contribution >= 0.6 is 0 Å². The predicted octanol–water partition coefficient (Wildman–Crippen LogP) is 1.23. The molecule has 0 fully saturated rings. The molecule has 1 rings (SSSR count). The highest BCUT2D eigenvalue weighted by molar-refractivity contribution is 4.94. The summed E-state index contributed by atoms with van der Waals surface area (Å²) in [4.78, 5) is 0. The molecule has 11 heavy (non-hydrogen) atoms. The van der Waals surface area contributed by atoms with Crippen LogP contribution in [0.25, 0.3) is 0 Å². The third-order valence-electron chi connectivity index (χ3n) is 1.51. The Morgan fingerprint density at radius 3 is 3.00 bits per heavy atom. The van der Waals surface area contributed by atoms with Crippen molar-refractivity contribution >= 4 is 0 Å². The van der Waals surface area contributed by atoms with Gasteiger partial charge < -0.3 is 4.74 Å². The molecule has 0 radical (unpaired) electrons. The average Bonchev–Trinajstić information content (AvgIpc) is 2.37. The normalized spacial score (nSPS) is 10.4. The molecule has 3 heteroatoms. The van der Waals surface area contributed by atoms with Crippen molar-refractivity contribution < 1.29 is 4.74 Å². The van der Waals surface area contributed by atoms with Crippen molar-refractivity contribution in [3.63, 3.8) is 0 Å². The Labute approximate surface area is 67.0 Å². The van der Waals surface area contributed by atoms with Gasteiger partial charge in [-0.1, -0.05) is 0 Å². The van der Waals surface area contributed by atoms with E-state index in [0.717, 1.165) is 25.3 Å². The molecular weight excluding hydrogens is 140 g/mol. The Bertz CT molecular complexity index is 208. The van der Waals surface area contributed by atoms with Crippen molar-refractivity contribution in [2.45, 2.75) is 19.9 Å².